The Hall–Kier alpha value is -2.43. The van der Waals surface area contributed by atoms with Gasteiger partial charge in [0.1, 0.15) is 6.04 Å². The van der Waals surface area contributed by atoms with E-state index >= 15 is 0 Å². The molecule has 166 valence electrons. The molecular weight excluding hydrogens is 412 g/mol. The molecule has 3 rings (SSSR count). The quantitative estimate of drug-likeness (QED) is 0.693. The van der Waals surface area contributed by atoms with Crippen molar-refractivity contribution in [2.24, 2.45) is 11.1 Å². The van der Waals surface area contributed by atoms with Gasteiger partial charge in [0.25, 0.3) is 0 Å². The van der Waals surface area contributed by atoms with Gasteiger partial charge in [-0.05, 0) is 17.5 Å². The van der Waals surface area contributed by atoms with E-state index in [-0.39, 0.29) is 12.4 Å². The molecule has 0 unspecified atom stereocenters. The Bertz CT molecular complexity index is 958. The molecule has 1 aliphatic rings. The summed E-state index contributed by atoms with van der Waals surface area (Å²) < 4.78 is 7.85. The number of carbonyl (C=O) groups is 2. The molecule has 0 saturated carbocycles. The zero-order valence-corrected chi connectivity index (χ0v) is 18.3. The number of fused-ring (bicyclic) bond motifs is 1. The number of imidazole rings is 1. The molecule has 0 aliphatic carbocycles. The van der Waals surface area contributed by atoms with E-state index in [0.29, 0.717) is 37.5 Å². The normalized spacial score (nSPS) is 16.1. The first-order valence-corrected chi connectivity index (χ1v) is 9.66. The van der Waals surface area contributed by atoms with Crippen molar-refractivity contribution >= 4 is 35.5 Å². The van der Waals surface area contributed by atoms with Gasteiger partial charge in [0.15, 0.2) is 5.65 Å². The number of aromatic nitrogens is 3. The predicted octanol–water partition coefficient (Wildman–Crippen LogP) is 0.410. The molecule has 1 saturated heterocycles. The third kappa shape index (κ3) is 5.00. The van der Waals surface area contributed by atoms with E-state index in [1.165, 1.54) is 4.57 Å². The van der Waals surface area contributed by atoms with Gasteiger partial charge in [0, 0.05) is 32.4 Å². The maximum absolute atomic E-state index is 13.1. The Labute approximate surface area is 180 Å². The molecule has 11 heteroatoms. The van der Waals surface area contributed by atoms with Crippen LogP contribution in [-0.2, 0) is 16.1 Å². The van der Waals surface area contributed by atoms with Crippen molar-refractivity contribution in [1.82, 2.24) is 24.3 Å². The molecule has 3 heterocycles. The number of ether oxygens (including phenoxy) is 1. The van der Waals surface area contributed by atoms with Crippen LogP contribution in [0.1, 0.15) is 20.8 Å². The van der Waals surface area contributed by atoms with Crippen molar-refractivity contribution in [3.8, 4) is 0 Å². The minimum atomic E-state index is -0.926. The first kappa shape index (κ1) is 23.8. The highest BCUT2D eigenvalue weighted by molar-refractivity contribution is 5.91. The van der Waals surface area contributed by atoms with Crippen molar-refractivity contribution in [3.63, 3.8) is 0 Å². The molecule has 10 nitrogen and oxygen atoms in total. The summed E-state index contributed by atoms with van der Waals surface area (Å²) in [6.45, 7) is 9.34. The van der Waals surface area contributed by atoms with Gasteiger partial charge in [0.05, 0.1) is 18.7 Å². The molecule has 1 fully saturated rings. The van der Waals surface area contributed by atoms with E-state index in [2.05, 4.69) is 15.2 Å². The Morgan fingerprint density at radius 2 is 1.93 bits per heavy atom. The Balaban J connectivity index is 0.00000320. The number of hydrogen-bond donors (Lipinski definition) is 2. The van der Waals surface area contributed by atoms with E-state index in [1.54, 1.807) is 39.1 Å². The first-order valence-electron chi connectivity index (χ1n) is 9.66. The van der Waals surface area contributed by atoms with E-state index in [1.807, 2.05) is 0 Å². The van der Waals surface area contributed by atoms with Gasteiger partial charge < -0.3 is 15.8 Å². The van der Waals surface area contributed by atoms with Crippen LogP contribution in [0.15, 0.2) is 23.1 Å². The van der Waals surface area contributed by atoms with Crippen molar-refractivity contribution < 1.29 is 14.3 Å². The number of amides is 2. The topological polar surface area (TPSA) is 124 Å². The second kappa shape index (κ2) is 9.59. The third-order valence-corrected chi connectivity index (χ3v) is 5.05. The highest BCUT2D eigenvalue weighted by atomic mass is 35.5. The van der Waals surface area contributed by atoms with E-state index < -0.39 is 29.1 Å². The Morgan fingerprint density at radius 1 is 1.27 bits per heavy atom. The number of carbonyl (C=O) groups excluding carboxylic acids is 2. The maximum Gasteiger partial charge on any atom is 0.338 e. The summed E-state index contributed by atoms with van der Waals surface area (Å²) in [5.41, 5.74) is 5.17. The lowest BCUT2D eigenvalue weighted by Gasteiger charge is -2.28. The van der Waals surface area contributed by atoms with Gasteiger partial charge >= 0.3 is 11.7 Å². The molecule has 0 aromatic carbocycles. The average molecular weight is 441 g/mol. The van der Waals surface area contributed by atoms with Crippen molar-refractivity contribution in [2.45, 2.75) is 33.4 Å². The Morgan fingerprint density at radius 3 is 2.53 bits per heavy atom. The number of nitrogens with zero attached hydrogens (tertiary/aromatic N) is 4. The second-order valence-corrected chi connectivity index (χ2v) is 8.22. The van der Waals surface area contributed by atoms with Crippen LogP contribution in [0.5, 0.6) is 0 Å². The number of pyridine rings is 1. The van der Waals surface area contributed by atoms with E-state index in [9.17, 15) is 14.4 Å². The number of hydrogen-bond acceptors (Lipinski definition) is 6. The van der Waals surface area contributed by atoms with Gasteiger partial charge in [-0.3, -0.25) is 14.3 Å². The fourth-order valence-corrected chi connectivity index (χ4v) is 3.45. The van der Waals surface area contributed by atoms with E-state index in [0.717, 1.165) is 17.7 Å². The summed E-state index contributed by atoms with van der Waals surface area (Å²) in [5, 5.41) is 2.61. The van der Waals surface area contributed by atoms with Crippen LogP contribution in [0.3, 0.4) is 0 Å². The summed E-state index contributed by atoms with van der Waals surface area (Å²) in [6.07, 6.45) is 1.58. The third-order valence-electron chi connectivity index (χ3n) is 5.05. The smallest absolute Gasteiger partial charge is 0.338 e. The van der Waals surface area contributed by atoms with E-state index in [4.69, 9.17) is 10.5 Å². The molecule has 30 heavy (non-hydrogen) atoms. The zero-order chi connectivity index (χ0) is 21.2. The van der Waals surface area contributed by atoms with Crippen LogP contribution in [0.25, 0.3) is 11.2 Å². The number of nitrogens with two attached hydrogens (primary N) is 1. The van der Waals surface area contributed by atoms with Crippen LogP contribution in [0.4, 0.5) is 4.79 Å². The molecular formula is C19H29ClN6O4. The van der Waals surface area contributed by atoms with Crippen LogP contribution < -0.4 is 16.7 Å². The number of rotatable bonds is 5. The maximum atomic E-state index is 13.1. The highest BCUT2D eigenvalue weighted by Gasteiger charge is 2.32. The molecule has 3 N–H and O–H groups in total. The van der Waals surface area contributed by atoms with Gasteiger partial charge in [0.2, 0.25) is 5.91 Å². The minimum absolute atomic E-state index is 0. The average Bonchev–Trinajstić information content (AvgIpc) is 2.95. The summed E-state index contributed by atoms with van der Waals surface area (Å²) in [7, 11) is 0. The number of halogens is 1. The molecule has 0 spiro atoms. The first-order chi connectivity index (χ1) is 13.7. The summed E-state index contributed by atoms with van der Waals surface area (Å²) >= 11 is 0. The molecule has 2 amide bonds. The summed E-state index contributed by atoms with van der Waals surface area (Å²) in [5.74, 6) is -0.659. The van der Waals surface area contributed by atoms with Gasteiger partial charge in [-0.2, -0.15) is 0 Å². The zero-order valence-electron chi connectivity index (χ0n) is 17.5. The van der Waals surface area contributed by atoms with Crippen LogP contribution in [-0.4, -0.2) is 69.8 Å². The molecule has 2 aromatic heterocycles. The van der Waals surface area contributed by atoms with Crippen LogP contribution in [0.2, 0.25) is 0 Å². The number of nitrogens with one attached hydrogen (secondary N) is 1. The summed E-state index contributed by atoms with van der Waals surface area (Å²) in [6, 6.07) is 1.69. The Kier molecular flexibility index (Phi) is 7.62. The molecule has 1 atom stereocenters. The fraction of sp³-hybridized carbons (Fsp3) is 0.579. The lowest BCUT2D eigenvalue weighted by atomic mass is 9.86. The van der Waals surface area contributed by atoms with Gasteiger partial charge in [-0.1, -0.05) is 20.8 Å². The lowest BCUT2D eigenvalue weighted by molar-refractivity contribution is -0.122. The standard InChI is InChI=1S/C19H28N6O4.ClH/c1-19(2,3)14(15(20)26)22-17(27)25-13-5-4-6-21-16(13)24(18(25)28)8-7-23-9-11-29-12-10-23;/h4-6,14H,7-12H2,1-3H3,(H2,20,26)(H,22,27);1H/t14-;/m1./s1. The van der Waals surface area contributed by atoms with Crippen molar-refractivity contribution in [2.75, 3.05) is 32.8 Å². The second-order valence-electron chi connectivity index (χ2n) is 8.22. The SMILES string of the molecule is CC(C)(C)[C@H](NC(=O)n1c(=O)n(CCN2CCOCC2)c2ncccc21)C(N)=O.Cl. The molecule has 1 aliphatic heterocycles. The molecule has 2 aromatic rings. The lowest BCUT2D eigenvalue weighted by Crippen LogP contribution is -2.54. The van der Waals surface area contributed by atoms with Crippen LogP contribution in [0, 0.1) is 5.41 Å². The minimum Gasteiger partial charge on any atom is -0.379 e. The fourth-order valence-electron chi connectivity index (χ4n) is 3.45. The van der Waals surface area contributed by atoms with Crippen molar-refractivity contribution in [1.29, 1.82) is 0 Å². The largest absolute Gasteiger partial charge is 0.379 e. The summed E-state index contributed by atoms with van der Waals surface area (Å²) in [4.78, 5) is 44.3. The monoisotopic (exact) mass is 440 g/mol. The number of morpholine rings is 1. The predicted molar refractivity (Wildman–Crippen MR) is 115 cm³/mol. The molecule has 0 radical (unpaired) electrons. The molecule has 0 bridgehead atoms. The van der Waals surface area contributed by atoms with Gasteiger partial charge in [-0.25, -0.2) is 19.1 Å². The van der Waals surface area contributed by atoms with Gasteiger partial charge in [-0.15, -0.1) is 12.4 Å². The van der Waals surface area contributed by atoms with Crippen LogP contribution >= 0.6 is 12.4 Å². The highest BCUT2D eigenvalue weighted by Crippen LogP contribution is 2.19. The number of primary amides is 1. The van der Waals surface area contributed by atoms with Crippen molar-refractivity contribution in [3.05, 3.63) is 28.8 Å².